The molecule has 0 aliphatic heterocycles. The molecule has 0 fully saturated rings. The highest BCUT2D eigenvalue weighted by molar-refractivity contribution is 6.28. The molecular formula is C10H13ClN6O. The van der Waals surface area contributed by atoms with Crippen LogP contribution in [0.2, 0.25) is 5.28 Å². The second-order valence-electron chi connectivity index (χ2n) is 3.80. The smallest absolute Gasteiger partial charge is 0.256 e. The largest absolute Gasteiger partial charge is 0.394 e. The Morgan fingerprint density at radius 3 is 2.83 bits per heavy atom. The second-order valence-corrected chi connectivity index (χ2v) is 4.14. The molecule has 0 saturated carbocycles. The number of anilines is 1. The topological polar surface area (TPSA) is 80.0 Å². The van der Waals surface area contributed by atoms with E-state index >= 15 is 0 Å². The Balaban J connectivity index is 2.38. The quantitative estimate of drug-likeness (QED) is 0.871. The fourth-order valence-electron chi connectivity index (χ4n) is 1.30. The van der Waals surface area contributed by atoms with Crippen molar-refractivity contribution in [3.63, 3.8) is 0 Å². The number of hydrogen-bond acceptors (Lipinski definition) is 6. The van der Waals surface area contributed by atoms with Gasteiger partial charge in [0.25, 0.3) is 5.95 Å². The monoisotopic (exact) mass is 268 g/mol. The second kappa shape index (κ2) is 5.28. The van der Waals surface area contributed by atoms with Crippen LogP contribution in [0.25, 0.3) is 5.95 Å². The highest BCUT2D eigenvalue weighted by atomic mass is 35.5. The van der Waals surface area contributed by atoms with E-state index in [0.717, 1.165) is 0 Å². The van der Waals surface area contributed by atoms with Gasteiger partial charge in [0.2, 0.25) is 11.2 Å². The maximum atomic E-state index is 9.13. The molecule has 2 rings (SSSR count). The Kier molecular flexibility index (Phi) is 3.73. The predicted molar refractivity (Wildman–Crippen MR) is 66.9 cm³/mol. The molecule has 18 heavy (non-hydrogen) atoms. The van der Waals surface area contributed by atoms with Gasteiger partial charge in [-0.25, -0.2) is 4.68 Å². The maximum absolute atomic E-state index is 9.13. The fourth-order valence-corrected chi connectivity index (χ4v) is 1.45. The minimum absolute atomic E-state index is 0.00307. The van der Waals surface area contributed by atoms with Gasteiger partial charge in [0, 0.05) is 19.4 Å². The normalized spacial score (nSPS) is 12.4. The van der Waals surface area contributed by atoms with Gasteiger partial charge in [0.1, 0.15) is 0 Å². The first kappa shape index (κ1) is 12.7. The zero-order chi connectivity index (χ0) is 13.1. The van der Waals surface area contributed by atoms with Crippen molar-refractivity contribution in [2.45, 2.75) is 13.0 Å². The van der Waals surface area contributed by atoms with Gasteiger partial charge < -0.3 is 10.0 Å². The molecule has 0 spiro atoms. The Morgan fingerprint density at radius 2 is 2.22 bits per heavy atom. The van der Waals surface area contributed by atoms with Crippen molar-refractivity contribution in [3.05, 3.63) is 23.7 Å². The highest BCUT2D eigenvalue weighted by Crippen LogP contribution is 2.13. The lowest BCUT2D eigenvalue weighted by atomic mass is 10.3. The number of likely N-dealkylation sites (N-methyl/N-ethyl adjacent to an activating group) is 1. The van der Waals surface area contributed by atoms with Crippen LogP contribution in [0.3, 0.4) is 0 Å². The minimum Gasteiger partial charge on any atom is -0.394 e. The van der Waals surface area contributed by atoms with Gasteiger partial charge in [-0.3, -0.25) is 0 Å². The van der Waals surface area contributed by atoms with Crippen LogP contribution in [0.1, 0.15) is 6.92 Å². The van der Waals surface area contributed by atoms with Crippen molar-refractivity contribution in [1.82, 2.24) is 24.7 Å². The summed E-state index contributed by atoms with van der Waals surface area (Å²) < 4.78 is 1.49. The first-order valence-corrected chi connectivity index (χ1v) is 5.75. The van der Waals surface area contributed by atoms with Gasteiger partial charge in [-0.1, -0.05) is 0 Å². The summed E-state index contributed by atoms with van der Waals surface area (Å²) in [5.74, 6) is 0.731. The van der Waals surface area contributed by atoms with Crippen LogP contribution in [-0.2, 0) is 0 Å². The number of hydrogen-bond donors (Lipinski definition) is 1. The van der Waals surface area contributed by atoms with E-state index in [0.29, 0.717) is 11.9 Å². The van der Waals surface area contributed by atoms with E-state index in [1.165, 1.54) is 4.68 Å². The number of aromatic nitrogens is 5. The van der Waals surface area contributed by atoms with Crippen molar-refractivity contribution in [2.24, 2.45) is 0 Å². The van der Waals surface area contributed by atoms with Gasteiger partial charge >= 0.3 is 0 Å². The summed E-state index contributed by atoms with van der Waals surface area (Å²) >= 11 is 5.87. The number of aliphatic hydroxyl groups excluding tert-OH is 1. The molecule has 0 amide bonds. The van der Waals surface area contributed by atoms with E-state index in [1.54, 1.807) is 30.4 Å². The SMILES string of the molecule is CC(CO)N(C)c1nc(Cl)nc(-n2cccn2)n1. The van der Waals surface area contributed by atoms with E-state index in [1.807, 2.05) is 6.92 Å². The Bertz CT molecular complexity index is 517. The summed E-state index contributed by atoms with van der Waals surface area (Å²) in [4.78, 5) is 14.0. The molecule has 2 aromatic heterocycles. The van der Waals surface area contributed by atoms with Gasteiger partial charge in [-0.05, 0) is 24.6 Å². The minimum atomic E-state index is -0.117. The van der Waals surface area contributed by atoms with Crippen LogP contribution in [0, 0.1) is 0 Å². The third-order valence-corrected chi connectivity index (χ3v) is 2.70. The highest BCUT2D eigenvalue weighted by Gasteiger charge is 2.15. The third-order valence-electron chi connectivity index (χ3n) is 2.53. The van der Waals surface area contributed by atoms with Gasteiger partial charge in [0.15, 0.2) is 0 Å². The maximum Gasteiger partial charge on any atom is 0.256 e. The Labute approximate surface area is 109 Å². The summed E-state index contributed by atoms with van der Waals surface area (Å²) in [6.07, 6.45) is 3.34. The first-order valence-electron chi connectivity index (χ1n) is 5.37. The van der Waals surface area contributed by atoms with Crippen molar-refractivity contribution in [2.75, 3.05) is 18.6 Å². The summed E-state index contributed by atoms with van der Waals surface area (Å²) in [6.45, 7) is 1.85. The van der Waals surface area contributed by atoms with Crippen LogP contribution in [-0.4, -0.2) is 49.5 Å². The van der Waals surface area contributed by atoms with Crippen LogP contribution in [0.15, 0.2) is 18.5 Å². The summed E-state index contributed by atoms with van der Waals surface area (Å²) in [5.41, 5.74) is 0. The van der Waals surface area contributed by atoms with E-state index in [2.05, 4.69) is 20.1 Å². The average molecular weight is 269 g/mol. The fraction of sp³-hybridized carbons (Fsp3) is 0.400. The zero-order valence-electron chi connectivity index (χ0n) is 10.0. The summed E-state index contributed by atoms with van der Waals surface area (Å²) in [7, 11) is 1.78. The van der Waals surface area contributed by atoms with Crippen LogP contribution >= 0.6 is 11.6 Å². The zero-order valence-corrected chi connectivity index (χ0v) is 10.8. The van der Waals surface area contributed by atoms with Crippen LogP contribution in [0.4, 0.5) is 5.95 Å². The van der Waals surface area contributed by atoms with Gasteiger partial charge in [0.05, 0.1) is 12.6 Å². The lowest BCUT2D eigenvalue weighted by Gasteiger charge is -2.23. The summed E-state index contributed by atoms with van der Waals surface area (Å²) in [6, 6.07) is 1.64. The van der Waals surface area contributed by atoms with Crippen molar-refractivity contribution >= 4 is 17.5 Å². The molecule has 0 aliphatic carbocycles. The number of aliphatic hydroxyl groups is 1. The third kappa shape index (κ3) is 2.57. The van der Waals surface area contributed by atoms with Crippen molar-refractivity contribution in [3.8, 4) is 5.95 Å². The number of halogens is 1. The first-order chi connectivity index (χ1) is 8.61. The molecule has 0 aliphatic rings. The number of rotatable bonds is 4. The van der Waals surface area contributed by atoms with Crippen LogP contribution in [0.5, 0.6) is 0 Å². The van der Waals surface area contributed by atoms with Gasteiger partial charge in [-0.15, -0.1) is 0 Å². The average Bonchev–Trinajstić information content (AvgIpc) is 2.90. The standard InChI is InChI=1S/C10H13ClN6O/c1-7(6-18)16(2)9-13-8(11)14-10(15-9)17-5-3-4-12-17/h3-5,7,18H,6H2,1-2H3. The predicted octanol–water partition coefficient (Wildman–Crippen LogP) is 0.528. The van der Waals surface area contributed by atoms with Crippen molar-refractivity contribution in [1.29, 1.82) is 0 Å². The molecule has 1 atom stereocenters. The lowest BCUT2D eigenvalue weighted by Crippen LogP contribution is -2.33. The molecule has 0 radical (unpaired) electrons. The molecule has 7 nitrogen and oxygen atoms in total. The van der Waals surface area contributed by atoms with E-state index in [9.17, 15) is 0 Å². The molecular weight excluding hydrogens is 256 g/mol. The van der Waals surface area contributed by atoms with Gasteiger partial charge in [-0.2, -0.15) is 20.1 Å². The molecule has 0 saturated heterocycles. The Hall–Kier alpha value is -1.73. The lowest BCUT2D eigenvalue weighted by molar-refractivity contribution is 0.269. The number of nitrogens with zero attached hydrogens (tertiary/aromatic N) is 6. The molecule has 1 unspecified atom stereocenters. The molecule has 0 aromatic carbocycles. The van der Waals surface area contributed by atoms with E-state index in [-0.39, 0.29) is 17.9 Å². The van der Waals surface area contributed by atoms with E-state index < -0.39 is 0 Å². The summed E-state index contributed by atoms with van der Waals surface area (Å²) in [5, 5.41) is 13.2. The van der Waals surface area contributed by atoms with Crippen LogP contribution < -0.4 is 4.90 Å². The van der Waals surface area contributed by atoms with Crippen molar-refractivity contribution < 1.29 is 5.11 Å². The molecule has 0 bridgehead atoms. The molecule has 1 N–H and O–H groups in total. The van der Waals surface area contributed by atoms with E-state index in [4.69, 9.17) is 16.7 Å². The molecule has 2 heterocycles. The molecule has 96 valence electrons. The Morgan fingerprint density at radius 1 is 1.44 bits per heavy atom. The molecule has 2 aromatic rings. The molecule has 8 heteroatoms.